The van der Waals surface area contributed by atoms with Crippen LogP contribution in [0.5, 0.6) is 0 Å². The zero-order valence-electron chi connectivity index (χ0n) is 13.7. The summed E-state index contributed by atoms with van der Waals surface area (Å²) in [6.45, 7) is 6.47. The number of para-hydroxylation sites is 1. The average molecular weight is 307 g/mol. The fourth-order valence-corrected chi connectivity index (χ4v) is 3.10. The molecule has 2 N–H and O–H groups in total. The zero-order valence-corrected chi connectivity index (χ0v) is 13.7. The van der Waals surface area contributed by atoms with Crippen molar-refractivity contribution in [1.29, 1.82) is 0 Å². The molecule has 1 amide bonds. The molecule has 0 atom stereocenters. The first-order valence-electron chi connectivity index (χ1n) is 7.75. The molecule has 0 fully saturated rings. The molecule has 0 aliphatic heterocycles. The van der Waals surface area contributed by atoms with Crippen molar-refractivity contribution in [1.82, 2.24) is 15.3 Å². The molecule has 0 aliphatic carbocycles. The molecule has 0 saturated heterocycles. The van der Waals surface area contributed by atoms with Gasteiger partial charge in [-0.3, -0.25) is 9.78 Å². The molecule has 4 heteroatoms. The maximum atomic E-state index is 12.8. The number of hydrogen-bond acceptors (Lipinski definition) is 2. The Hall–Kier alpha value is -2.62. The fraction of sp³-hybridized carbons (Fsp3) is 0.263. The van der Waals surface area contributed by atoms with Crippen molar-refractivity contribution in [2.24, 2.45) is 0 Å². The van der Waals surface area contributed by atoms with Gasteiger partial charge in [-0.15, -0.1) is 0 Å². The molecule has 1 aromatic carbocycles. The normalized spacial score (nSPS) is 11.6. The van der Waals surface area contributed by atoms with Crippen molar-refractivity contribution in [2.45, 2.75) is 32.7 Å². The lowest BCUT2D eigenvalue weighted by atomic mass is 9.81. The van der Waals surface area contributed by atoms with E-state index < -0.39 is 5.41 Å². The summed E-state index contributed by atoms with van der Waals surface area (Å²) in [5, 5.41) is 4.14. The van der Waals surface area contributed by atoms with Crippen LogP contribution in [-0.4, -0.2) is 15.9 Å². The number of carbonyl (C=O) groups is 1. The number of nitrogens with zero attached hydrogens (tertiary/aromatic N) is 1. The van der Waals surface area contributed by atoms with Crippen LogP contribution in [0.1, 0.15) is 30.7 Å². The number of amides is 1. The molecule has 3 aromatic rings. The first-order chi connectivity index (χ1) is 11.0. The lowest BCUT2D eigenvalue weighted by Gasteiger charge is -2.24. The van der Waals surface area contributed by atoms with Crippen LogP contribution < -0.4 is 5.32 Å². The number of aromatic nitrogens is 2. The summed E-state index contributed by atoms with van der Waals surface area (Å²) in [5.74, 6) is 0.0159. The Morgan fingerprint density at radius 2 is 1.87 bits per heavy atom. The molecule has 0 aliphatic rings. The van der Waals surface area contributed by atoms with Gasteiger partial charge in [0.05, 0.1) is 5.41 Å². The average Bonchev–Trinajstić information content (AvgIpc) is 2.89. The molecule has 0 bridgehead atoms. The number of rotatable bonds is 4. The van der Waals surface area contributed by atoms with Crippen LogP contribution in [0.3, 0.4) is 0 Å². The quantitative estimate of drug-likeness (QED) is 0.775. The number of hydrogen-bond donors (Lipinski definition) is 2. The SMILES string of the molecule is Cc1[nH]c2ccccc2c1C(C)(C)C(=O)NCc1ccncc1. The molecular formula is C19H21N3O. The molecule has 3 rings (SSSR count). The van der Waals surface area contributed by atoms with E-state index in [1.807, 2.05) is 51.1 Å². The van der Waals surface area contributed by atoms with Crippen LogP contribution in [0.25, 0.3) is 10.9 Å². The molecular weight excluding hydrogens is 286 g/mol. The smallest absolute Gasteiger partial charge is 0.230 e. The van der Waals surface area contributed by atoms with Crippen molar-refractivity contribution in [3.05, 3.63) is 65.6 Å². The van der Waals surface area contributed by atoms with Crippen molar-refractivity contribution in [3.8, 4) is 0 Å². The minimum atomic E-state index is -0.614. The number of pyridine rings is 1. The molecule has 118 valence electrons. The summed E-state index contributed by atoms with van der Waals surface area (Å²) in [7, 11) is 0. The molecule has 2 aromatic heterocycles. The van der Waals surface area contributed by atoms with E-state index in [0.29, 0.717) is 6.54 Å². The van der Waals surface area contributed by atoms with E-state index in [2.05, 4.69) is 21.4 Å². The summed E-state index contributed by atoms with van der Waals surface area (Å²) in [6, 6.07) is 11.9. The summed E-state index contributed by atoms with van der Waals surface area (Å²) in [5.41, 5.74) is 3.59. The molecule has 0 unspecified atom stereocenters. The minimum Gasteiger partial charge on any atom is -0.358 e. The van der Waals surface area contributed by atoms with Crippen molar-refractivity contribution in [2.75, 3.05) is 0 Å². The molecule has 0 radical (unpaired) electrons. The third-order valence-corrected chi connectivity index (χ3v) is 4.29. The van der Waals surface area contributed by atoms with Crippen LogP contribution in [0.4, 0.5) is 0 Å². The fourth-order valence-electron chi connectivity index (χ4n) is 3.10. The van der Waals surface area contributed by atoms with Crippen LogP contribution >= 0.6 is 0 Å². The topological polar surface area (TPSA) is 57.8 Å². The Bertz CT molecular complexity index is 834. The van der Waals surface area contributed by atoms with Gasteiger partial charge in [0, 0.05) is 35.5 Å². The second kappa shape index (κ2) is 5.88. The molecule has 0 saturated carbocycles. The predicted molar refractivity (Wildman–Crippen MR) is 92.1 cm³/mol. The number of fused-ring (bicyclic) bond motifs is 1. The van der Waals surface area contributed by atoms with E-state index in [1.54, 1.807) is 12.4 Å². The Kier molecular flexibility index (Phi) is 3.90. The number of nitrogens with one attached hydrogen (secondary N) is 2. The zero-order chi connectivity index (χ0) is 16.4. The summed E-state index contributed by atoms with van der Waals surface area (Å²) < 4.78 is 0. The Morgan fingerprint density at radius 1 is 1.17 bits per heavy atom. The molecule has 23 heavy (non-hydrogen) atoms. The lowest BCUT2D eigenvalue weighted by Crippen LogP contribution is -2.40. The summed E-state index contributed by atoms with van der Waals surface area (Å²) >= 11 is 0. The van der Waals surface area contributed by atoms with Crippen LogP contribution in [-0.2, 0) is 16.8 Å². The second-order valence-electron chi connectivity index (χ2n) is 6.33. The van der Waals surface area contributed by atoms with Crippen molar-refractivity contribution >= 4 is 16.8 Å². The van der Waals surface area contributed by atoms with Gasteiger partial charge in [-0.1, -0.05) is 18.2 Å². The van der Waals surface area contributed by atoms with Crippen molar-refractivity contribution in [3.63, 3.8) is 0 Å². The molecule has 2 heterocycles. The minimum absolute atomic E-state index is 0.0159. The highest BCUT2D eigenvalue weighted by Crippen LogP contribution is 2.33. The Labute approximate surface area is 136 Å². The van der Waals surface area contributed by atoms with Crippen molar-refractivity contribution < 1.29 is 4.79 Å². The van der Waals surface area contributed by atoms with Gasteiger partial charge >= 0.3 is 0 Å². The predicted octanol–water partition coefficient (Wildman–Crippen LogP) is 3.47. The van der Waals surface area contributed by atoms with Crippen LogP contribution in [0.2, 0.25) is 0 Å². The summed E-state index contributed by atoms with van der Waals surface area (Å²) in [4.78, 5) is 20.2. The van der Waals surface area contributed by atoms with E-state index in [0.717, 1.165) is 27.7 Å². The number of aromatic amines is 1. The summed E-state index contributed by atoms with van der Waals surface area (Å²) in [6.07, 6.45) is 3.47. The third kappa shape index (κ3) is 2.84. The van der Waals surface area contributed by atoms with Gasteiger partial charge in [0.1, 0.15) is 0 Å². The molecule has 0 spiro atoms. The van der Waals surface area contributed by atoms with Gasteiger partial charge in [-0.05, 0) is 50.1 Å². The van der Waals surface area contributed by atoms with Gasteiger partial charge in [-0.25, -0.2) is 0 Å². The molecule has 4 nitrogen and oxygen atoms in total. The monoisotopic (exact) mass is 307 g/mol. The highest BCUT2D eigenvalue weighted by molar-refractivity contribution is 5.95. The Balaban J connectivity index is 1.87. The number of benzene rings is 1. The second-order valence-corrected chi connectivity index (χ2v) is 6.33. The maximum absolute atomic E-state index is 12.8. The highest BCUT2D eigenvalue weighted by Gasteiger charge is 2.33. The van der Waals surface area contributed by atoms with Crippen LogP contribution in [0.15, 0.2) is 48.8 Å². The van der Waals surface area contributed by atoms with Gasteiger partial charge < -0.3 is 10.3 Å². The number of H-pyrrole nitrogens is 1. The largest absolute Gasteiger partial charge is 0.358 e. The van der Waals surface area contributed by atoms with E-state index in [4.69, 9.17) is 0 Å². The van der Waals surface area contributed by atoms with E-state index in [1.165, 1.54) is 0 Å². The number of carbonyl (C=O) groups excluding carboxylic acids is 1. The standard InChI is InChI=1S/C19H21N3O/c1-13-17(15-6-4-5-7-16(15)22-13)19(2,3)18(23)21-12-14-8-10-20-11-9-14/h4-11,22H,12H2,1-3H3,(H,21,23). The van der Waals surface area contributed by atoms with Gasteiger partial charge in [-0.2, -0.15) is 0 Å². The van der Waals surface area contributed by atoms with Gasteiger partial charge in [0.2, 0.25) is 5.91 Å². The lowest BCUT2D eigenvalue weighted by molar-refractivity contribution is -0.125. The first-order valence-corrected chi connectivity index (χ1v) is 7.75. The van der Waals surface area contributed by atoms with E-state index >= 15 is 0 Å². The Morgan fingerprint density at radius 3 is 2.61 bits per heavy atom. The van der Waals surface area contributed by atoms with Gasteiger partial charge in [0.15, 0.2) is 0 Å². The third-order valence-electron chi connectivity index (χ3n) is 4.29. The highest BCUT2D eigenvalue weighted by atomic mass is 16.2. The van der Waals surface area contributed by atoms with E-state index in [9.17, 15) is 4.79 Å². The number of aryl methyl sites for hydroxylation is 1. The van der Waals surface area contributed by atoms with Crippen LogP contribution in [0, 0.1) is 6.92 Å². The first kappa shape index (κ1) is 15.3. The maximum Gasteiger partial charge on any atom is 0.230 e. The van der Waals surface area contributed by atoms with Gasteiger partial charge in [0.25, 0.3) is 0 Å². The van der Waals surface area contributed by atoms with E-state index in [-0.39, 0.29) is 5.91 Å².